The van der Waals surface area contributed by atoms with Gasteiger partial charge < -0.3 is 13.3 Å². The van der Waals surface area contributed by atoms with Crippen molar-refractivity contribution in [3.05, 3.63) is 0 Å². The molecular formula is C12H24O5Si. The number of hydrogen-bond acceptors (Lipinski definition) is 5. The Hall–Kier alpha value is -0.563. The Morgan fingerprint density at radius 1 is 0.944 bits per heavy atom. The molecule has 0 aliphatic heterocycles. The lowest BCUT2D eigenvalue weighted by Crippen LogP contribution is -2.46. The minimum Gasteiger partial charge on any atom is -0.374 e. The second kappa shape index (κ2) is 9.38. The fourth-order valence-corrected chi connectivity index (χ4v) is 4.25. The summed E-state index contributed by atoms with van der Waals surface area (Å²) in [5.74, 6) is -0.199. The number of carbonyl (C=O) groups excluding carboxylic acids is 2. The fraction of sp³-hybridized carbons (Fsp3) is 0.833. The van der Waals surface area contributed by atoms with E-state index in [-0.39, 0.29) is 24.4 Å². The molecule has 18 heavy (non-hydrogen) atoms. The molecule has 0 heterocycles. The van der Waals surface area contributed by atoms with Gasteiger partial charge >= 0.3 is 8.80 Å². The molecule has 0 amide bonds. The lowest BCUT2D eigenvalue weighted by atomic mass is 10.2. The molecule has 0 aliphatic rings. The van der Waals surface area contributed by atoms with Crippen LogP contribution in [0.25, 0.3) is 0 Å². The summed E-state index contributed by atoms with van der Waals surface area (Å²) >= 11 is 0. The maximum atomic E-state index is 11.5. The summed E-state index contributed by atoms with van der Waals surface area (Å²) in [6, 6.07) is 0.439. The number of ketones is 2. The Morgan fingerprint density at radius 2 is 1.39 bits per heavy atom. The average Bonchev–Trinajstić information content (AvgIpc) is 2.27. The number of Topliss-reactive ketones (excluding diaryl/α,β-unsaturated/α-hetero) is 2. The van der Waals surface area contributed by atoms with E-state index < -0.39 is 8.80 Å². The van der Waals surface area contributed by atoms with Crippen LogP contribution in [0.1, 0.15) is 40.5 Å². The SMILES string of the molecule is CCO[Si](CCC(=O)CC(C)=O)(OCC)OCC. The van der Waals surface area contributed by atoms with Crippen molar-refractivity contribution in [2.24, 2.45) is 0 Å². The molecule has 5 nitrogen and oxygen atoms in total. The van der Waals surface area contributed by atoms with Crippen molar-refractivity contribution >= 4 is 20.4 Å². The predicted molar refractivity (Wildman–Crippen MR) is 70.4 cm³/mol. The Morgan fingerprint density at radius 3 is 1.72 bits per heavy atom. The second-order valence-electron chi connectivity index (χ2n) is 3.90. The maximum Gasteiger partial charge on any atom is 0.501 e. The zero-order chi connectivity index (χ0) is 14.0. The molecule has 0 saturated carbocycles. The molecule has 0 atom stereocenters. The molecule has 0 bridgehead atoms. The van der Waals surface area contributed by atoms with Crippen molar-refractivity contribution in [3.8, 4) is 0 Å². The van der Waals surface area contributed by atoms with Crippen LogP contribution in [0.3, 0.4) is 0 Å². The zero-order valence-corrected chi connectivity index (χ0v) is 12.8. The van der Waals surface area contributed by atoms with Gasteiger partial charge in [0.2, 0.25) is 0 Å². The van der Waals surface area contributed by atoms with E-state index in [4.69, 9.17) is 13.3 Å². The van der Waals surface area contributed by atoms with E-state index in [1.54, 1.807) is 0 Å². The van der Waals surface area contributed by atoms with Crippen molar-refractivity contribution in [2.45, 2.75) is 46.6 Å². The standard InChI is InChI=1S/C12H24O5Si/c1-5-15-18(16-6-2,17-7-3)9-8-12(14)10-11(4)13/h5-10H2,1-4H3. The Labute approximate surface area is 110 Å². The second-order valence-corrected chi connectivity index (χ2v) is 6.63. The molecule has 0 aromatic heterocycles. The molecular weight excluding hydrogens is 252 g/mol. The molecule has 0 fully saturated rings. The van der Waals surface area contributed by atoms with Crippen LogP contribution in [0.15, 0.2) is 0 Å². The summed E-state index contributed by atoms with van der Waals surface area (Å²) in [7, 11) is -2.74. The normalized spacial score (nSPS) is 11.6. The summed E-state index contributed by atoms with van der Waals surface area (Å²) in [6.45, 7) is 8.51. The van der Waals surface area contributed by atoms with Gasteiger partial charge in [-0.25, -0.2) is 0 Å². The smallest absolute Gasteiger partial charge is 0.374 e. The Kier molecular flexibility index (Phi) is 9.08. The van der Waals surface area contributed by atoms with E-state index in [1.807, 2.05) is 20.8 Å². The molecule has 0 saturated heterocycles. The summed E-state index contributed by atoms with van der Waals surface area (Å²) in [5, 5.41) is 0. The highest BCUT2D eigenvalue weighted by molar-refractivity contribution is 6.61. The van der Waals surface area contributed by atoms with Crippen LogP contribution in [-0.4, -0.2) is 40.2 Å². The highest BCUT2D eigenvalue weighted by Gasteiger charge is 2.40. The first-order chi connectivity index (χ1) is 8.49. The third-order valence-electron chi connectivity index (χ3n) is 2.25. The average molecular weight is 276 g/mol. The molecule has 0 aromatic rings. The first kappa shape index (κ1) is 17.4. The third kappa shape index (κ3) is 7.00. The molecule has 0 N–H and O–H groups in total. The molecule has 0 unspecified atom stereocenters. The third-order valence-corrected chi connectivity index (χ3v) is 5.30. The lowest BCUT2D eigenvalue weighted by molar-refractivity contribution is -0.125. The summed E-state index contributed by atoms with van der Waals surface area (Å²) in [6.07, 6.45) is 0.251. The van der Waals surface area contributed by atoms with E-state index in [2.05, 4.69) is 0 Å². The van der Waals surface area contributed by atoms with Crippen molar-refractivity contribution in [1.29, 1.82) is 0 Å². The quantitative estimate of drug-likeness (QED) is 0.426. The fourth-order valence-electron chi connectivity index (χ4n) is 1.66. The molecule has 0 aromatic carbocycles. The molecule has 0 rings (SSSR count). The van der Waals surface area contributed by atoms with Crippen LogP contribution in [-0.2, 0) is 22.9 Å². The summed E-state index contributed by atoms with van der Waals surface area (Å²) in [5.41, 5.74) is 0. The van der Waals surface area contributed by atoms with Crippen molar-refractivity contribution < 1.29 is 22.9 Å². The van der Waals surface area contributed by atoms with Crippen LogP contribution < -0.4 is 0 Å². The van der Waals surface area contributed by atoms with Gasteiger partial charge in [-0.15, -0.1) is 0 Å². The van der Waals surface area contributed by atoms with Crippen LogP contribution in [0.5, 0.6) is 0 Å². The van der Waals surface area contributed by atoms with Crippen molar-refractivity contribution in [2.75, 3.05) is 19.8 Å². The Bertz CT molecular complexity index is 250. The lowest BCUT2D eigenvalue weighted by Gasteiger charge is -2.28. The van der Waals surface area contributed by atoms with Gasteiger partial charge in [-0.1, -0.05) is 0 Å². The monoisotopic (exact) mass is 276 g/mol. The summed E-state index contributed by atoms with van der Waals surface area (Å²) < 4.78 is 16.9. The minimum absolute atomic E-state index is 0.0190. The van der Waals surface area contributed by atoms with E-state index in [0.717, 1.165) is 0 Å². The van der Waals surface area contributed by atoms with E-state index in [9.17, 15) is 9.59 Å². The van der Waals surface area contributed by atoms with Crippen LogP contribution >= 0.6 is 0 Å². The van der Waals surface area contributed by atoms with Crippen molar-refractivity contribution in [3.63, 3.8) is 0 Å². The largest absolute Gasteiger partial charge is 0.501 e. The first-order valence-electron chi connectivity index (χ1n) is 6.42. The number of carbonyl (C=O) groups is 2. The summed E-state index contributed by atoms with van der Waals surface area (Å²) in [4.78, 5) is 22.4. The van der Waals surface area contributed by atoms with E-state index in [1.165, 1.54) is 6.92 Å². The van der Waals surface area contributed by atoms with Gasteiger partial charge in [0.25, 0.3) is 0 Å². The van der Waals surface area contributed by atoms with Gasteiger partial charge in [0.05, 0.1) is 6.42 Å². The van der Waals surface area contributed by atoms with Gasteiger partial charge in [0.1, 0.15) is 11.6 Å². The number of rotatable bonds is 11. The molecule has 6 heteroatoms. The van der Waals surface area contributed by atoms with Gasteiger partial charge in [0.15, 0.2) is 0 Å². The van der Waals surface area contributed by atoms with E-state index >= 15 is 0 Å². The zero-order valence-electron chi connectivity index (χ0n) is 11.8. The molecule has 106 valence electrons. The van der Waals surface area contributed by atoms with Crippen LogP contribution in [0.2, 0.25) is 6.04 Å². The molecule has 0 aliphatic carbocycles. The van der Waals surface area contributed by atoms with Gasteiger partial charge in [-0.3, -0.25) is 9.59 Å². The van der Waals surface area contributed by atoms with Gasteiger partial charge in [0, 0.05) is 32.3 Å². The Balaban J connectivity index is 4.45. The van der Waals surface area contributed by atoms with Gasteiger partial charge in [-0.2, -0.15) is 0 Å². The molecule has 0 spiro atoms. The van der Waals surface area contributed by atoms with Gasteiger partial charge in [-0.05, 0) is 27.7 Å². The van der Waals surface area contributed by atoms with E-state index in [0.29, 0.717) is 25.9 Å². The predicted octanol–water partition coefficient (Wildman–Crippen LogP) is 1.97. The highest BCUT2D eigenvalue weighted by Crippen LogP contribution is 2.18. The minimum atomic E-state index is -2.74. The first-order valence-corrected chi connectivity index (χ1v) is 8.35. The maximum absolute atomic E-state index is 11.5. The number of hydrogen-bond donors (Lipinski definition) is 0. The van der Waals surface area contributed by atoms with Crippen LogP contribution in [0, 0.1) is 0 Å². The topological polar surface area (TPSA) is 61.8 Å². The van der Waals surface area contributed by atoms with Crippen LogP contribution in [0.4, 0.5) is 0 Å². The highest BCUT2D eigenvalue weighted by atomic mass is 28.4. The van der Waals surface area contributed by atoms with Crippen molar-refractivity contribution in [1.82, 2.24) is 0 Å². The molecule has 0 radical (unpaired) electrons.